The lowest BCUT2D eigenvalue weighted by Gasteiger charge is -2.22. The second-order valence-corrected chi connectivity index (χ2v) is 9.23. The molecule has 0 aliphatic carbocycles. The summed E-state index contributed by atoms with van der Waals surface area (Å²) in [4.78, 5) is 31.5. The predicted molar refractivity (Wildman–Crippen MR) is 124 cm³/mol. The number of rotatable bonds is 10. The summed E-state index contributed by atoms with van der Waals surface area (Å²) in [7, 11) is 0. The molecule has 2 aromatic carbocycles. The van der Waals surface area contributed by atoms with Crippen LogP contribution in [-0.4, -0.2) is 29.2 Å². The Morgan fingerprint density at radius 3 is 2.53 bits per heavy atom. The maximum atomic E-state index is 14.1. The van der Waals surface area contributed by atoms with E-state index >= 15 is 0 Å². The Labute approximate surface area is 193 Å². The van der Waals surface area contributed by atoms with Crippen molar-refractivity contribution in [3.63, 3.8) is 0 Å². The van der Waals surface area contributed by atoms with Crippen LogP contribution in [0.5, 0.6) is 0 Å². The first-order chi connectivity index (χ1) is 15.4. The molecule has 0 aliphatic heterocycles. The fraction of sp³-hybridized carbons (Fsp3) is 0.348. The van der Waals surface area contributed by atoms with Crippen molar-refractivity contribution in [3.05, 3.63) is 53.0 Å². The topological polar surface area (TPSA) is 59.5 Å². The number of nitrogens with zero attached hydrogens (tertiary/aromatic N) is 2. The van der Waals surface area contributed by atoms with E-state index in [0.717, 1.165) is 23.1 Å². The Bertz CT molecular complexity index is 1090. The lowest BCUT2D eigenvalue weighted by atomic mass is 10.2. The molecule has 0 fully saturated rings. The minimum Gasteiger partial charge on any atom is -0.466 e. The molecule has 0 saturated heterocycles. The van der Waals surface area contributed by atoms with Crippen molar-refractivity contribution in [3.8, 4) is 0 Å². The zero-order chi connectivity index (χ0) is 23.1. The van der Waals surface area contributed by atoms with Gasteiger partial charge in [-0.3, -0.25) is 9.59 Å². The highest BCUT2D eigenvalue weighted by Gasteiger charge is 2.21. The number of carbonyl (C=O) groups excluding carboxylic acids is 2. The molecular formula is C23H24F2N2O3S2. The fourth-order valence-corrected chi connectivity index (χ4v) is 4.75. The summed E-state index contributed by atoms with van der Waals surface area (Å²) in [6.07, 6.45) is 0.992. The number of esters is 1. The lowest BCUT2D eigenvalue weighted by molar-refractivity contribution is -0.144. The number of anilines is 1. The van der Waals surface area contributed by atoms with Crippen LogP contribution in [0.15, 0.2) is 41.3 Å². The molecular weight excluding hydrogens is 454 g/mol. The van der Waals surface area contributed by atoms with Crippen molar-refractivity contribution in [2.75, 3.05) is 17.3 Å². The number of benzene rings is 2. The van der Waals surface area contributed by atoms with Gasteiger partial charge in [-0.15, -0.1) is 23.1 Å². The SMILES string of the molecule is CCCSc1ccc(N(Cc2nc3c(F)c(F)ccc3s2)C(=O)CCC(=O)OCC)cc1. The van der Waals surface area contributed by atoms with Gasteiger partial charge in [0.2, 0.25) is 5.91 Å². The number of hydrogen-bond acceptors (Lipinski definition) is 6. The Morgan fingerprint density at radius 1 is 1.09 bits per heavy atom. The quantitative estimate of drug-likeness (QED) is 0.266. The van der Waals surface area contributed by atoms with Crippen LogP contribution in [-0.2, 0) is 20.9 Å². The molecule has 0 radical (unpaired) electrons. The molecule has 5 nitrogen and oxygen atoms in total. The molecule has 0 bridgehead atoms. The van der Waals surface area contributed by atoms with Gasteiger partial charge in [0.1, 0.15) is 10.5 Å². The second-order valence-electron chi connectivity index (χ2n) is 6.94. The van der Waals surface area contributed by atoms with E-state index < -0.39 is 17.6 Å². The number of thiazole rings is 1. The highest BCUT2D eigenvalue weighted by atomic mass is 32.2. The first kappa shape index (κ1) is 24.1. The largest absolute Gasteiger partial charge is 0.466 e. The van der Waals surface area contributed by atoms with E-state index in [0.29, 0.717) is 15.4 Å². The number of carbonyl (C=O) groups is 2. The summed E-state index contributed by atoms with van der Waals surface area (Å²) < 4.78 is 33.1. The summed E-state index contributed by atoms with van der Waals surface area (Å²) in [6.45, 7) is 4.15. The van der Waals surface area contributed by atoms with Gasteiger partial charge in [0.15, 0.2) is 11.6 Å². The molecule has 1 heterocycles. The first-order valence-electron chi connectivity index (χ1n) is 10.3. The van der Waals surface area contributed by atoms with E-state index in [1.54, 1.807) is 18.7 Å². The summed E-state index contributed by atoms with van der Waals surface area (Å²) in [5.41, 5.74) is 0.598. The number of aromatic nitrogens is 1. The Balaban J connectivity index is 1.85. The Hall–Kier alpha value is -2.52. The predicted octanol–water partition coefficient (Wildman–Crippen LogP) is 5.95. The van der Waals surface area contributed by atoms with Crippen molar-refractivity contribution in [1.82, 2.24) is 4.98 Å². The molecule has 0 unspecified atom stereocenters. The van der Waals surface area contributed by atoms with Gasteiger partial charge in [-0.05, 0) is 55.5 Å². The molecule has 32 heavy (non-hydrogen) atoms. The van der Waals surface area contributed by atoms with Crippen molar-refractivity contribution < 1.29 is 23.1 Å². The average molecular weight is 479 g/mol. The smallest absolute Gasteiger partial charge is 0.306 e. The summed E-state index contributed by atoms with van der Waals surface area (Å²) >= 11 is 2.93. The van der Waals surface area contributed by atoms with Gasteiger partial charge in [-0.2, -0.15) is 0 Å². The van der Waals surface area contributed by atoms with Crippen LogP contribution in [0.4, 0.5) is 14.5 Å². The zero-order valence-corrected chi connectivity index (χ0v) is 19.5. The summed E-state index contributed by atoms with van der Waals surface area (Å²) in [6, 6.07) is 10.1. The molecule has 0 aliphatic rings. The highest BCUT2D eigenvalue weighted by Crippen LogP contribution is 2.29. The van der Waals surface area contributed by atoms with Gasteiger partial charge in [-0.1, -0.05) is 6.92 Å². The van der Waals surface area contributed by atoms with E-state index in [9.17, 15) is 18.4 Å². The standard InChI is InChI=1S/C23H24F2N2O3S2/c1-3-13-31-16-7-5-15(6-8-16)27(20(28)11-12-21(29)30-4-2)14-19-26-23-18(32-19)10-9-17(24)22(23)25/h5-10H,3-4,11-14H2,1-2H3. The minimum atomic E-state index is -0.998. The zero-order valence-electron chi connectivity index (χ0n) is 17.9. The minimum absolute atomic E-state index is 0.0287. The van der Waals surface area contributed by atoms with Crippen LogP contribution in [0.2, 0.25) is 0 Å². The van der Waals surface area contributed by atoms with Crippen molar-refractivity contribution in [2.24, 2.45) is 0 Å². The van der Waals surface area contributed by atoms with Gasteiger partial charge in [-0.25, -0.2) is 13.8 Å². The molecule has 170 valence electrons. The van der Waals surface area contributed by atoms with E-state index in [1.165, 1.54) is 22.3 Å². The Morgan fingerprint density at radius 2 is 1.84 bits per heavy atom. The van der Waals surface area contributed by atoms with Gasteiger partial charge in [0.05, 0.1) is 24.3 Å². The van der Waals surface area contributed by atoms with E-state index in [4.69, 9.17) is 4.74 Å². The van der Waals surface area contributed by atoms with E-state index in [2.05, 4.69) is 11.9 Å². The molecule has 3 rings (SSSR count). The fourth-order valence-electron chi connectivity index (χ4n) is 3.03. The lowest BCUT2D eigenvalue weighted by Crippen LogP contribution is -2.30. The van der Waals surface area contributed by atoms with Crippen LogP contribution in [0.3, 0.4) is 0 Å². The second kappa shape index (κ2) is 11.4. The van der Waals surface area contributed by atoms with Crippen LogP contribution in [0.1, 0.15) is 38.1 Å². The van der Waals surface area contributed by atoms with E-state index in [-0.39, 0.29) is 37.4 Å². The third-order valence-corrected chi connectivity index (χ3v) is 6.78. The number of hydrogen-bond donors (Lipinski definition) is 0. The normalized spacial score (nSPS) is 11.0. The van der Waals surface area contributed by atoms with Crippen molar-refractivity contribution in [1.29, 1.82) is 0 Å². The van der Waals surface area contributed by atoms with Crippen molar-refractivity contribution >= 4 is 50.9 Å². The third kappa shape index (κ3) is 6.04. The third-order valence-electron chi connectivity index (χ3n) is 4.56. The molecule has 3 aromatic rings. The molecule has 0 atom stereocenters. The number of ether oxygens (including phenoxy) is 1. The molecule has 0 N–H and O–H groups in total. The number of fused-ring (bicyclic) bond motifs is 1. The summed E-state index contributed by atoms with van der Waals surface area (Å²) in [5.74, 6) is -1.68. The molecule has 1 amide bonds. The average Bonchev–Trinajstić information content (AvgIpc) is 3.21. The number of halogens is 2. The number of amides is 1. The van der Waals surface area contributed by atoms with Crippen LogP contribution in [0.25, 0.3) is 10.2 Å². The molecule has 1 aromatic heterocycles. The van der Waals surface area contributed by atoms with Crippen LogP contribution >= 0.6 is 23.1 Å². The Kier molecular flexibility index (Phi) is 8.58. The maximum absolute atomic E-state index is 14.1. The number of thioether (sulfide) groups is 1. The molecule has 0 saturated carbocycles. The molecule has 0 spiro atoms. The van der Waals surface area contributed by atoms with Gasteiger partial charge in [0.25, 0.3) is 0 Å². The monoisotopic (exact) mass is 478 g/mol. The van der Waals surface area contributed by atoms with Gasteiger partial charge in [0, 0.05) is 17.0 Å². The molecule has 9 heteroatoms. The van der Waals surface area contributed by atoms with Crippen LogP contribution in [0, 0.1) is 11.6 Å². The highest BCUT2D eigenvalue weighted by molar-refractivity contribution is 7.99. The van der Waals surface area contributed by atoms with Crippen molar-refractivity contribution in [2.45, 2.75) is 44.6 Å². The van der Waals surface area contributed by atoms with Gasteiger partial charge < -0.3 is 9.64 Å². The maximum Gasteiger partial charge on any atom is 0.306 e. The first-order valence-corrected chi connectivity index (χ1v) is 12.1. The summed E-state index contributed by atoms with van der Waals surface area (Å²) in [5, 5.41) is 0.471. The van der Waals surface area contributed by atoms with Gasteiger partial charge >= 0.3 is 5.97 Å². The van der Waals surface area contributed by atoms with Crippen LogP contribution < -0.4 is 4.90 Å². The van der Waals surface area contributed by atoms with E-state index in [1.807, 2.05) is 24.3 Å².